The Bertz CT molecular complexity index is 715. The van der Waals surface area contributed by atoms with Gasteiger partial charge in [-0.2, -0.15) is 0 Å². The van der Waals surface area contributed by atoms with Gasteiger partial charge in [0.25, 0.3) is 5.69 Å². The molecule has 1 fully saturated rings. The maximum Gasteiger partial charge on any atom is 0.275 e. The molecule has 0 saturated carbocycles. The van der Waals surface area contributed by atoms with Crippen LogP contribution in [0.15, 0.2) is 17.0 Å². The molecule has 0 aliphatic carbocycles. The van der Waals surface area contributed by atoms with Crippen LogP contribution in [0.25, 0.3) is 0 Å². The summed E-state index contributed by atoms with van der Waals surface area (Å²) < 4.78 is 27.4. The summed E-state index contributed by atoms with van der Waals surface area (Å²) in [5.74, 6) is 0. The first-order valence-electron chi connectivity index (χ1n) is 7.30. The zero-order valence-corrected chi connectivity index (χ0v) is 14.6. The maximum absolute atomic E-state index is 12.4. The molecule has 23 heavy (non-hydrogen) atoms. The highest BCUT2D eigenvalue weighted by Gasteiger charge is 2.29. The molecule has 1 aromatic rings. The van der Waals surface area contributed by atoms with Gasteiger partial charge < -0.3 is 5.32 Å². The van der Waals surface area contributed by atoms with Crippen molar-refractivity contribution in [2.75, 3.05) is 19.6 Å². The monoisotopic (exact) mass is 361 g/mol. The number of nitrogens with one attached hydrogen (secondary N) is 2. The predicted octanol–water partition coefficient (Wildman–Crippen LogP) is 2.22. The fraction of sp³-hybridized carbons (Fsp3) is 0.571. The molecule has 0 spiro atoms. The van der Waals surface area contributed by atoms with Crippen molar-refractivity contribution in [2.45, 2.75) is 31.6 Å². The largest absolute Gasteiger partial charge is 0.316 e. The third-order valence-electron chi connectivity index (χ3n) is 4.17. The van der Waals surface area contributed by atoms with Gasteiger partial charge in [-0.3, -0.25) is 10.1 Å². The number of hydrogen-bond donors (Lipinski definition) is 2. The second kappa shape index (κ2) is 6.72. The molecule has 1 saturated heterocycles. The van der Waals surface area contributed by atoms with E-state index in [1.165, 1.54) is 13.0 Å². The number of hydrogen-bond acceptors (Lipinski definition) is 5. The molecule has 1 heterocycles. The van der Waals surface area contributed by atoms with E-state index >= 15 is 0 Å². The minimum Gasteiger partial charge on any atom is -0.316 e. The first-order chi connectivity index (χ1) is 10.6. The lowest BCUT2D eigenvalue weighted by Gasteiger charge is -2.34. The molecular formula is C14H20ClN3O4S. The summed E-state index contributed by atoms with van der Waals surface area (Å²) in [6.07, 6.45) is 1.90. The summed E-state index contributed by atoms with van der Waals surface area (Å²) in [6.45, 7) is 5.42. The highest BCUT2D eigenvalue weighted by atomic mass is 35.5. The Hall–Kier alpha value is -1.22. The number of nitro benzene ring substituents is 1. The lowest BCUT2D eigenvalue weighted by atomic mass is 9.83. The van der Waals surface area contributed by atoms with Crippen molar-refractivity contribution in [1.29, 1.82) is 0 Å². The molecule has 1 unspecified atom stereocenters. The van der Waals surface area contributed by atoms with Gasteiger partial charge in [0.15, 0.2) is 0 Å². The van der Waals surface area contributed by atoms with E-state index in [-0.39, 0.29) is 33.1 Å². The summed E-state index contributed by atoms with van der Waals surface area (Å²) in [7, 11) is -3.86. The number of rotatable bonds is 5. The Morgan fingerprint density at radius 1 is 1.48 bits per heavy atom. The van der Waals surface area contributed by atoms with Gasteiger partial charge in [0, 0.05) is 24.7 Å². The van der Waals surface area contributed by atoms with Crippen molar-refractivity contribution in [2.24, 2.45) is 5.41 Å². The minimum atomic E-state index is -3.86. The van der Waals surface area contributed by atoms with Crippen LogP contribution in [0.3, 0.4) is 0 Å². The zero-order chi connectivity index (χ0) is 17.3. The first-order valence-corrected chi connectivity index (χ1v) is 9.16. The molecule has 128 valence electrons. The number of halogens is 1. The van der Waals surface area contributed by atoms with Crippen molar-refractivity contribution < 1.29 is 13.3 Å². The van der Waals surface area contributed by atoms with Crippen molar-refractivity contribution in [3.05, 3.63) is 32.8 Å². The van der Waals surface area contributed by atoms with Gasteiger partial charge in [0.2, 0.25) is 10.0 Å². The Kier molecular flexibility index (Phi) is 5.30. The van der Waals surface area contributed by atoms with Crippen LogP contribution in [0, 0.1) is 22.5 Å². The quantitative estimate of drug-likeness (QED) is 0.618. The SMILES string of the molecule is Cc1c(Cl)cc(S(=O)(=O)NCC2(C)CCCNC2)cc1[N+](=O)[O-]. The van der Waals surface area contributed by atoms with Gasteiger partial charge in [-0.15, -0.1) is 0 Å². The second-order valence-electron chi connectivity index (χ2n) is 6.22. The molecule has 7 nitrogen and oxygen atoms in total. The maximum atomic E-state index is 12.4. The molecule has 9 heteroatoms. The van der Waals surface area contributed by atoms with Gasteiger partial charge >= 0.3 is 0 Å². The number of nitrogens with zero attached hydrogens (tertiary/aromatic N) is 1. The Morgan fingerprint density at radius 2 is 2.17 bits per heavy atom. The molecular weight excluding hydrogens is 342 g/mol. The lowest BCUT2D eigenvalue weighted by Crippen LogP contribution is -2.45. The summed E-state index contributed by atoms with van der Waals surface area (Å²) in [6, 6.07) is 2.29. The van der Waals surface area contributed by atoms with Crippen LogP contribution >= 0.6 is 11.6 Å². The van der Waals surface area contributed by atoms with Crippen LogP contribution in [0.5, 0.6) is 0 Å². The minimum absolute atomic E-state index is 0.0603. The average molecular weight is 362 g/mol. The van der Waals surface area contributed by atoms with Crippen LogP contribution in [0.4, 0.5) is 5.69 Å². The van der Waals surface area contributed by atoms with Crippen LogP contribution in [-0.4, -0.2) is 33.0 Å². The van der Waals surface area contributed by atoms with E-state index in [4.69, 9.17) is 11.6 Å². The van der Waals surface area contributed by atoms with Gasteiger partial charge in [-0.1, -0.05) is 18.5 Å². The smallest absolute Gasteiger partial charge is 0.275 e. The van der Waals surface area contributed by atoms with E-state index in [0.717, 1.165) is 32.0 Å². The molecule has 1 aliphatic rings. The van der Waals surface area contributed by atoms with Gasteiger partial charge in [0.05, 0.1) is 14.8 Å². The summed E-state index contributed by atoms with van der Waals surface area (Å²) in [5.41, 5.74) is -0.228. The second-order valence-corrected chi connectivity index (χ2v) is 8.40. The van der Waals surface area contributed by atoms with Crippen molar-refractivity contribution in [3.8, 4) is 0 Å². The van der Waals surface area contributed by atoms with Gasteiger partial charge in [-0.05, 0) is 37.8 Å². The molecule has 1 aromatic carbocycles. The Balaban J connectivity index is 2.24. The fourth-order valence-corrected chi connectivity index (χ4v) is 4.13. The van der Waals surface area contributed by atoms with Crippen LogP contribution in [0.2, 0.25) is 5.02 Å². The number of benzene rings is 1. The van der Waals surface area contributed by atoms with E-state index in [1.807, 2.05) is 6.92 Å². The van der Waals surface area contributed by atoms with Gasteiger partial charge in [-0.25, -0.2) is 13.1 Å². The summed E-state index contributed by atoms with van der Waals surface area (Å²) in [5, 5.41) is 14.3. The molecule has 1 atom stereocenters. The van der Waals surface area contributed by atoms with E-state index in [2.05, 4.69) is 10.0 Å². The highest BCUT2D eigenvalue weighted by Crippen LogP contribution is 2.30. The van der Waals surface area contributed by atoms with Crippen molar-refractivity contribution >= 4 is 27.3 Å². The normalized spacial score (nSPS) is 22.0. The third-order valence-corrected chi connectivity index (χ3v) is 5.95. The zero-order valence-electron chi connectivity index (χ0n) is 13.1. The highest BCUT2D eigenvalue weighted by molar-refractivity contribution is 7.89. The van der Waals surface area contributed by atoms with E-state index in [1.54, 1.807) is 0 Å². The van der Waals surface area contributed by atoms with Gasteiger partial charge in [0.1, 0.15) is 0 Å². The third kappa shape index (κ3) is 4.20. The van der Waals surface area contributed by atoms with Crippen LogP contribution in [-0.2, 0) is 10.0 Å². The van der Waals surface area contributed by atoms with Crippen LogP contribution < -0.4 is 10.0 Å². The Labute approximate surface area is 140 Å². The topological polar surface area (TPSA) is 101 Å². The average Bonchev–Trinajstić information content (AvgIpc) is 2.48. The van der Waals surface area contributed by atoms with Crippen molar-refractivity contribution in [1.82, 2.24) is 10.0 Å². The van der Waals surface area contributed by atoms with E-state index in [0.29, 0.717) is 0 Å². The number of sulfonamides is 1. The van der Waals surface area contributed by atoms with E-state index < -0.39 is 14.9 Å². The lowest BCUT2D eigenvalue weighted by molar-refractivity contribution is -0.385. The van der Waals surface area contributed by atoms with Crippen LogP contribution in [0.1, 0.15) is 25.3 Å². The number of piperidine rings is 1. The van der Waals surface area contributed by atoms with Crippen molar-refractivity contribution in [3.63, 3.8) is 0 Å². The molecule has 0 radical (unpaired) electrons. The predicted molar refractivity (Wildman–Crippen MR) is 88.2 cm³/mol. The summed E-state index contributed by atoms with van der Waals surface area (Å²) >= 11 is 5.94. The molecule has 0 amide bonds. The molecule has 1 aliphatic heterocycles. The Morgan fingerprint density at radius 3 is 2.74 bits per heavy atom. The molecule has 0 aromatic heterocycles. The number of nitro groups is 1. The standard InChI is InChI=1S/C14H20ClN3O4S/c1-10-12(15)6-11(7-13(10)18(19)20)23(21,22)17-9-14(2)4-3-5-16-8-14/h6-7,16-17H,3-5,8-9H2,1-2H3. The molecule has 2 rings (SSSR count). The molecule has 2 N–H and O–H groups in total. The summed E-state index contributed by atoms with van der Waals surface area (Å²) in [4.78, 5) is 10.2. The fourth-order valence-electron chi connectivity index (χ4n) is 2.61. The first kappa shape index (κ1) is 18.1. The molecule has 0 bridgehead atoms. The van der Waals surface area contributed by atoms with E-state index in [9.17, 15) is 18.5 Å².